The Morgan fingerprint density at radius 2 is 1.45 bits per heavy atom. The number of amides is 3. The number of hydrogen-bond donors (Lipinski definition) is 2. The van der Waals surface area contributed by atoms with Crippen LogP contribution in [0, 0.1) is 50.7 Å². The molecule has 310 valence electrons. The molecule has 5 aliphatic rings. The van der Waals surface area contributed by atoms with Crippen molar-refractivity contribution in [3.05, 3.63) is 0 Å². The molecule has 0 radical (unpaired) electrons. The Hall–Kier alpha value is -2.66. The summed E-state index contributed by atoms with van der Waals surface area (Å²) in [5, 5.41) is 3.15. The highest BCUT2D eigenvalue weighted by Crippen LogP contribution is 2.88. The molecule has 3 saturated carbocycles. The highest BCUT2D eigenvalue weighted by Gasteiger charge is 2.85. The Labute approximate surface area is 330 Å². The lowest BCUT2D eigenvalue weighted by Gasteiger charge is -2.40. The van der Waals surface area contributed by atoms with Crippen LogP contribution in [0.5, 0.6) is 0 Å². The largest absolute Gasteiger partial charge is 0.379 e. The van der Waals surface area contributed by atoms with E-state index in [9.17, 15) is 24.0 Å². The molecule has 2 heterocycles. The fourth-order valence-electron chi connectivity index (χ4n) is 11.0. The molecule has 2 saturated heterocycles. The van der Waals surface area contributed by atoms with Crippen molar-refractivity contribution < 1.29 is 33.5 Å². The van der Waals surface area contributed by atoms with Crippen LogP contribution in [-0.2, 0) is 33.5 Å². The molecule has 11 nitrogen and oxygen atoms in total. The lowest BCUT2D eigenvalue weighted by atomic mass is 9.73. The van der Waals surface area contributed by atoms with Crippen LogP contribution in [-0.4, -0.2) is 95.8 Å². The average Bonchev–Trinajstić information content (AvgIpc) is 3.27. The number of ketones is 3. The number of morpholine rings is 1. The Bertz CT molecular complexity index is 1510. The first kappa shape index (κ1) is 43.5. The maximum atomic E-state index is 15.0. The summed E-state index contributed by atoms with van der Waals surface area (Å²) < 4.78 is 5.49. The van der Waals surface area contributed by atoms with Crippen LogP contribution in [0.15, 0.2) is 0 Å². The molecule has 55 heavy (non-hydrogen) atoms. The molecule has 2 aliphatic heterocycles. The van der Waals surface area contributed by atoms with E-state index in [0.29, 0.717) is 58.2 Å². The van der Waals surface area contributed by atoms with Crippen molar-refractivity contribution in [1.29, 1.82) is 0 Å². The molecule has 0 aromatic carbocycles. The van der Waals surface area contributed by atoms with E-state index in [2.05, 4.69) is 44.8 Å². The van der Waals surface area contributed by atoms with Gasteiger partial charge < -0.3 is 20.7 Å². The second kappa shape index (κ2) is 15.6. The van der Waals surface area contributed by atoms with Gasteiger partial charge in [0, 0.05) is 62.7 Å². The molecule has 2 spiro atoms. The maximum Gasteiger partial charge on any atom is 0.285 e. The molecule has 0 aromatic heterocycles. The second-order valence-corrected chi connectivity index (χ2v) is 21.3. The Morgan fingerprint density at radius 1 is 0.836 bits per heavy atom. The molecule has 3 aliphatic carbocycles. The quantitative estimate of drug-likeness (QED) is 0.195. The van der Waals surface area contributed by atoms with Crippen LogP contribution in [0.2, 0.25) is 0 Å². The third-order valence-corrected chi connectivity index (χ3v) is 15.7. The Morgan fingerprint density at radius 3 is 1.93 bits per heavy atom. The van der Waals surface area contributed by atoms with Crippen LogP contribution < -0.4 is 11.1 Å². The van der Waals surface area contributed by atoms with Gasteiger partial charge in [-0.25, -0.2) is 0 Å². The van der Waals surface area contributed by atoms with Gasteiger partial charge >= 0.3 is 0 Å². The molecule has 5 atom stereocenters. The predicted molar refractivity (Wildman–Crippen MR) is 212 cm³/mol. The summed E-state index contributed by atoms with van der Waals surface area (Å²) in [6.07, 6.45) is 7.45. The standard InChI is InChI=1S/C44H72N4O7/c1-39(2,3)30(26-46-38(54)41(7,8)47-17-19-55-20-18-47)23-31(49)24-32(40(4,5)6)37(53)48-27-44(42(9,10)43(44)15-12-16-43)25-33(48)34(50)22-29(35(51)36(45)52)21-28-13-11-14-28/h28-30,32-33H,11-27H2,1-10H3,(H2,45,52)(H,46,54)/t29?,30-,32-,33+,44-/m1/s1. The molecule has 5 fully saturated rings. The molecule has 5 rings (SSSR count). The first-order valence-electron chi connectivity index (χ1n) is 21.2. The number of nitrogens with one attached hydrogen (secondary N) is 1. The van der Waals surface area contributed by atoms with Gasteiger partial charge in [0.25, 0.3) is 5.91 Å². The Balaban J connectivity index is 1.34. The molecular formula is C44H72N4O7. The number of carbonyl (C=O) groups excluding carboxylic acids is 6. The number of primary amides is 1. The molecule has 11 heteroatoms. The SMILES string of the molecule is CC(C)(C)[C@@H](CNC(=O)C(C)(C)N1CCOCC1)CC(=O)C[C@H](C(=O)N1C[C@]2(C[C@H]1C(=O)CC(CC1CCC1)C(=O)C(N)=O)C(C)(C)C21CCC1)C(C)(C)C. The number of ether oxygens (including phenoxy) is 1. The highest BCUT2D eigenvalue weighted by molar-refractivity contribution is 6.36. The van der Waals surface area contributed by atoms with Crippen LogP contribution in [0.25, 0.3) is 0 Å². The fourth-order valence-corrected chi connectivity index (χ4v) is 11.0. The average molecular weight is 769 g/mol. The van der Waals surface area contributed by atoms with Crippen molar-refractivity contribution in [2.24, 2.45) is 56.5 Å². The predicted octanol–water partition coefficient (Wildman–Crippen LogP) is 5.50. The number of nitrogens with two attached hydrogens (primary N) is 1. The first-order valence-corrected chi connectivity index (χ1v) is 21.2. The topological polar surface area (TPSA) is 156 Å². The van der Waals surface area contributed by atoms with Crippen LogP contribution in [0.4, 0.5) is 0 Å². The van der Waals surface area contributed by atoms with E-state index < -0.39 is 40.5 Å². The summed E-state index contributed by atoms with van der Waals surface area (Å²) in [7, 11) is 0. The Kier molecular flexibility index (Phi) is 12.3. The minimum atomic E-state index is -1.01. The number of hydrogen-bond acceptors (Lipinski definition) is 8. The van der Waals surface area contributed by atoms with Crippen molar-refractivity contribution in [2.75, 3.05) is 39.4 Å². The van der Waals surface area contributed by atoms with Gasteiger partial charge in [-0.3, -0.25) is 33.7 Å². The number of carbonyl (C=O) groups is 6. The zero-order valence-electron chi connectivity index (χ0n) is 35.7. The van der Waals surface area contributed by atoms with E-state index in [1.54, 1.807) is 4.90 Å². The minimum absolute atomic E-state index is 0.0333. The molecule has 1 unspecified atom stereocenters. The van der Waals surface area contributed by atoms with Gasteiger partial charge in [0.05, 0.1) is 24.8 Å². The third-order valence-electron chi connectivity index (χ3n) is 15.7. The van der Waals surface area contributed by atoms with Crippen molar-refractivity contribution >= 4 is 35.1 Å². The summed E-state index contributed by atoms with van der Waals surface area (Å²) in [6.45, 7) is 23.9. The van der Waals surface area contributed by atoms with E-state index in [0.717, 1.165) is 38.5 Å². The molecular weight excluding hydrogens is 697 g/mol. The zero-order valence-corrected chi connectivity index (χ0v) is 35.7. The van der Waals surface area contributed by atoms with Gasteiger partial charge in [-0.15, -0.1) is 0 Å². The summed E-state index contributed by atoms with van der Waals surface area (Å²) in [4.78, 5) is 86.2. The van der Waals surface area contributed by atoms with Gasteiger partial charge in [0.2, 0.25) is 17.6 Å². The highest BCUT2D eigenvalue weighted by atomic mass is 16.5. The van der Waals surface area contributed by atoms with E-state index in [-0.39, 0.29) is 70.2 Å². The van der Waals surface area contributed by atoms with Crippen molar-refractivity contribution in [1.82, 2.24) is 15.1 Å². The maximum absolute atomic E-state index is 15.0. The van der Waals surface area contributed by atoms with Crippen molar-refractivity contribution in [2.45, 2.75) is 151 Å². The van der Waals surface area contributed by atoms with Crippen LogP contribution in [0.1, 0.15) is 140 Å². The van der Waals surface area contributed by atoms with Gasteiger partial charge in [-0.2, -0.15) is 0 Å². The smallest absolute Gasteiger partial charge is 0.285 e. The van der Waals surface area contributed by atoms with E-state index in [4.69, 9.17) is 10.5 Å². The summed E-state index contributed by atoms with van der Waals surface area (Å²) >= 11 is 0. The monoisotopic (exact) mass is 769 g/mol. The first-order chi connectivity index (χ1) is 25.4. The molecule has 3 N–H and O–H groups in total. The number of fused-ring (bicyclic) bond motifs is 1. The molecule has 0 bridgehead atoms. The fraction of sp³-hybridized carbons (Fsp3) is 0.864. The number of likely N-dealkylation sites (tertiary alicyclic amines) is 1. The number of rotatable bonds is 16. The molecule has 0 aromatic rings. The summed E-state index contributed by atoms with van der Waals surface area (Å²) in [5.41, 5.74) is 3.71. The third kappa shape index (κ3) is 8.22. The normalized spacial score (nSPS) is 26.8. The van der Waals surface area contributed by atoms with Gasteiger partial charge in [0.1, 0.15) is 5.78 Å². The van der Waals surface area contributed by atoms with E-state index >= 15 is 4.79 Å². The van der Waals surface area contributed by atoms with Crippen LogP contribution in [0.3, 0.4) is 0 Å². The van der Waals surface area contributed by atoms with E-state index in [1.165, 1.54) is 0 Å². The van der Waals surface area contributed by atoms with Crippen molar-refractivity contribution in [3.63, 3.8) is 0 Å². The van der Waals surface area contributed by atoms with Crippen LogP contribution >= 0.6 is 0 Å². The minimum Gasteiger partial charge on any atom is -0.379 e. The molecule has 3 amide bonds. The number of nitrogens with zero attached hydrogens (tertiary/aromatic N) is 2. The lowest BCUT2D eigenvalue weighted by Crippen LogP contribution is -2.58. The summed E-state index contributed by atoms with van der Waals surface area (Å²) in [6, 6.07) is -0.719. The van der Waals surface area contributed by atoms with Gasteiger partial charge in [0.15, 0.2) is 5.78 Å². The number of Topliss-reactive ketones (excluding diaryl/α,β-unsaturated/α-hetero) is 3. The summed E-state index contributed by atoms with van der Waals surface area (Å²) in [5.74, 6) is -3.50. The van der Waals surface area contributed by atoms with Gasteiger partial charge in [-0.05, 0) is 73.0 Å². The zero-order chi connectivity index (χ0) is 40.9. The second-order valence-electron chi connectivity index (χ2n) is 21.3. The van der Waals surface area contributed by atoms with Crippen molar-refractivity contribution in [3.8, 4) is 0 Å². The van der Waals surface area contributed by atoms with Gasteiger partial charge in [-0.1, -0.05) is 81.1 Å². The lowest BCUT2D eigenvalue weighted by molar-refractivity contribution is -0.147. The van der Waals surface area contributed by atoms with E-state index in [1.807, 2.05) is 34.6 Å².